The lowest BCUT2D eigenvalue weighted by atomic mass is 9.88. The number of nitrogens with zero attached hydrogens (tertiary/aromatic N) is 1. The molecule has 1 fully saturated rings. The molecule has 1 aromatic carbocycles. The first kappa shape index (κ1) is 23.8. The van der Waals surface area contributed by atoms with Crippen LogP contribution in [0.2, 0.25) is 0 Å². The Balaban J connectivity index is 1.98. The van der Waals surface area contributed by atoms with Crippen LogP contribution in [-0.4, -0.2) is 47.6 Å². The van der Waals surface area contributed by atoms with Crippen LogP contribution in [0.25, 0.3) is 0 Å². The quantitative estimate of drug-likeness (QED) is 0.669. The topological polar surface area (TPSA) is 75.7 Å². The fourth-order valence-corrected chi connectivity index (χ4v) is 4.64. The molecule has 32 heavy (non-hydrogen) atoms. The van der Waals surface area contributed by atoms with Crippen molar-refractivity contribution in [2.24, 2.45) is 0 Å². The van der Waals surface area contributed by atoms with Crippen molar-refractivity contribution in [1.29, 1.82) is 0 Å². The van der Waals surface area contributed by atoms with Gasteiger partial charge >= 0.3 is 12.1 Å². The van der Waals surface area contributed by atoms with Gasteiger partial charge in [0.25, 0.3) is 5.91 Å². The van der Waals surface area contributed by atoms with Crippen molar-refractivity contribution in [3.05, 3.63) is 47.2 Å². The van der Waals surface area contributed by atoms with E-state index in [9.17, 15) is 27.6 Å². The second-order valence-corrected chi connectivity index (χ2v) is 8.20. The molecular weight excluding hydrogens is 425 g/mol. The Labute approximate surface area is 184 Å². The minimum absolute atomic E-state index is 0.116. The van der Waals surface area contributed by atoms with E-state index in [4.69, 9.17) is 0 Å². The van der Waals surface area contributed by atoms with Crippen molar-refractivity contribution in [2.75, 3.05) is 7.11 Å². The minimum atomic E-state index is -5.24. The third-order valence-corrected chi connectivity index (χ3v) is 6.20. The van der Waals surface area contributed by atoms with Crippen LogP contribution in [0.15, 0.2) is 41.6 Å². The molecular formula is C23H27F3N2O4. The molecule has 1 N–H and O–H groups in total. The van der Waals surface area contributed by atoms with Crippen molar-refractivity contribution in [3.8, 4) is 0 Å². The number of hydrogen-bond acceptors (Lipinski definition) is 4. The highest BCUT2D eigenvalue weighted by atomic mass is 19.4. The number of halogens is 3. The molecule has 0 aromatic heterocycles. The van der Waals surface area contributed by atoms with E-state index in [1.807, 2.05) is 5.32 Å². The van der Waals surface area contributed by atoms with Gasteiger partial charge in [-0.15, -0.1) is 0 Å². The Morgan fingerprint density at radius 2 is 1.78 bits per heavy atom. The van der Waals surface area contributed by atoms with E-state index >= 15 is 0 Å². The normalized spacial score (nSPS) is 22.3. The molecule has 2 amide bonds. The summed E-state index contributed by atoms with van der Waals surface area (Å²) in [5, 5.41) is 1.90. The number of carbonyl (C=O) groups excluding carboxylic acids is 3. The van der Waals surface area contributed by atoms with Gasteiger partial charge in [-0.1, -0.05) is 49.6 Å². The lowest BCUT2D eigenvalue weighted by molar-refractivity contribution is -0.196. The zero-order valence-electron chi connectivity index (χ0n) is 18.1. The second kappa shape index (κ2) is 9.34. The number of ether oxygens (including phenoxy) is 1. The van der Waals surface area contributed by atoms with E-state index in [1.165, 1.54) is 6.92 Å². The van der Waals surface area contributed by atoms with Crippen molar-refractivity contribution >= 4 is 17.8 Å². The maximum absolute atomic E-state index is 14.5. The third-order valence-electron chi connectivity index (χ3n) is 6.20. The molecule has 0 spiro atoms. The van der Waals surface area contributed by atoms with Gasteiger partial charge in [-0.2, -0.15) is 13.2 Å². The van der Waals surface area contributed by atoms with Crippen molar-refractivity contribution in [3.63, 3.8) is 0 Å². The van der Waals surface area contributed by atoms with Gasteiger partial charge in [0.15, 0.2) is 0 Å². The van der Waals surface area contributed by atoms with E-state index in [0.29, 0.717) is 12.8 Å². The maximum atomic E-state index is 14.5. The summed E-state index contributed by atoms with van der Waals surface area (Å²) in [6.07, 6.45) is -1.76. The van der Waals surface area contributed by atoms with Gasteiger partial charge in [-0.05, 0) is 31.7 Å². The summed E-state index contributed by atoms with van der Waals surface area (Å²) in [6.45, 7) is 1.31. The molecule has 1 aromatic rings. The fraction of sp³-hybridized carbons (Fsp3) is 0.522. The van der Waals surface area contributed by atoms with Crippen LogP contribution in [0.4, 0.5) is 13.2 Å². The number of benzene rings is 1. The molecule has 1 heterocycles. The zero-order chi connectivity index (χ0) is 23.5. The minimum Gasteiger partial charge on any atom is -0.466 e. The van der Waals surface area contributed by atoms with E-state index < -0.39 is 41.1 Å². The molecule has 0 bridgehead atoms. The average Bonchev–Trinajstić information content (AvgIpc) is 3.00. The van der Waals surface area contributed by atoms with Gasteiger partial charge in [0, 0.05) is 18.2 Å². The van der Waals surface area contributed by atoms with E-state index in [0.717, 1.165) is 36.8 Å². The molecule has 1 aliphatic heterocycles. The standard InChI is InChI=1S/C23H27F3N2O4/c1-15-19(20(30)32-2)22(23(24,25)26,21(31)28(15)17-11-7-4-8-12-17)27-18(29)14-13-16-9-5-3-6-10-16/h3,5-6,9-10,17H,4,7-8,11-14H2,1-2H3,(H,27,29). The monoisotopic (exact) mass is 452 g/mol. The summed E-state index contributed by atoms with van der Waals surface area (Å²) in [5.74, 6) is -3.60. The molecule has 3 rings (SSSR count). The first-order valence-electron chi connectivity index (χ1n) is 10.7. The van der Waals surface area contributed by atoms with Gasteiger partial charge in [0.2, 0.25) is 11.4 Å². The molecule has 0 saturated heterocycles. The van der Waals surface area contributed by atoms with Crippen LogP contribution in [0.5, 0.6) is 0 Å². The second-order valence-electron chi connectivity index (χ2n) is 8.20. The zero-order valence-corrected chi connectivity index (χ0v) is 18.1. The van der Waals surface area contributed by atoms with Crippen LogP contribution in [0.3, 0.4) is 0 Å². The fourth-order valence-electron chi connectivity index (χ4n) is 4.64. The number of rotatable bonds is 6. The Morgan fingerprint density at radius 1 is 1.16 bits per heavy atom. The van der Waals surface area contributed by atoms with Gasteiger partial charge < -0.3 is 15.0 Å². The number of aryl methyl sites for hydroxylation is 1. The molecule has 0 radical (unpaired) electrons. The smallest absolute Gasteiger partial charge is 0.425 e. The van der Waals surface area contributed by atoms with Crippen molar-refractivity contribution < 1.29 is 32.3 Å². The summed E-state index contributed by atoms with van der Waals surface area (Å²) in [4.78, 5) is 39.6. The van der Waals surface area contributed by atoms with Crippen LogP contribution < -0.4 is 5.32 Å². The van der Waals surface area contributed by atoms with Gasteiger partial charge in [0.1, 0.15) is 5.57 Å². The molecule has 2 aliphatic rings. The largest absolute Gasteiger partial charge is 0.466 e. The number of allylic oxidation sites excluding steroid dienone is 1. The molecule has 1 unspecified atom stereocenters. The van der Waals surface area contributed by atoms with Gasteiger partial charge in [-0.25, -0.2) is 4.79 Å². The highest BCUT2D eigenvalue weighted by molar-refractivity contribution is 6.10. The van der Waals surface area contributed by atoms with Crippen LogP contribution in [-0.2, 0) is 25.5 Å². The Bertz CT molecular complexity index is 908. The molecule has 174 valence electrons. The lowest BCUT2D eigenvalue weighted by Gasteiger charge is -2.36. The number of alkyl halides is 3. The van der Waals surface area contributed by atoms with Gasteiger partial charge in [0.05, 0.1) is 7.11 Å². The number of methoxy groups -OCH3 is 1. The first-order chi connectivity index (χ1) is 15.1. The highest BCUT2D eigenvalue weighted by Crippen LogP contribution is 2.47. The average molecular weight is 452 g/mol. The first-order valence-corrected chi connectivity index (χ1v) is 10.7. The highest BCUT2D eigenvalue weighted by Gasteiger charge is 2.71. The Hall–Kier alpha value is -2.84. The number of amides is 2. The molecule has 1 aliphatic carbocycles. The number of nitrogens with one attached hydrogen (secondary N) is 1. The summed E-state index contributed by atoms with van der Waals surface area (Å²) < 4.78 is 48.3. The number of carbonyl (C=O) groups is 3. The molecule has 6 nitrogen and oxygen atoms in total. The predicted molar refractivity (Wildman–Crippen MR) is 110 cm³/mol. The summed E-state index contributed by atoms with van der Waals surface area (Å²) >= 11 is 0. The van der Waals surface area contributed by atoms with Crippen LogP contribution in [0, 0.1) is 0 Å². The number of hydrogen-bond donors (Lipinski definition) is 1. The maximum Gasteiger partial charge on any atom is 0.425 e. The molecule has 1 saturated carbocycles. The van der Waals surface area contributed by atoms with E-state index in [1.54, 1.807) is 30.3 Å². The Morgan fingerprint density at radius 3 is 2.34 bits per heavy atom. The molecule has 9 heteroatoms. The van der Waals surface area contributed by atoms with Crippen LogP contribution in [0.1, 0.15) is 51.0 Å². The summed E-state index contributed by atoms with van der Waals surface area (Å²) in [7, 11) is 0.953. The van der Waals surface area contributed by atoms with Gasteiger partial charge in [-0.3, -0.25) is 9.59 Å². The van der Waals surface area contributed by atoms with E-state index in [2.05, 4.69) is 4.74 Å². The third kappa shape index (κ3) is 4.25. The molecule has 1 atom stereocenters. The predicted octanol–water partition coefficient (Wildman–Crippen LogP) is 3.66. The van der Waals surface area contributed by atoms with Crippen LogP contribution >= 0.6 is 0 Å². The van der Waals surface area contributed by atoms with Crippen molar-refractivity contribution in [1.82, 2.24) is 10.2 Å². The Kier molecular flexibility index (Phi) is 6.95. The van der Waals surface area contributed by atoms with E-state index in [-0.39, 0.29) is 18.5 Å². The summed E-state index contributed by atoms with van der Waals surface area (Å²) in [6, 6.07) is 8.35. The SMILES string of the molecule is COC(=O)C1=C(C)N(C2CCCCC2)C(=O)C1(NC(=O)CCc1ccccc1)C(F)(F)F. The summed E-state index contributed by atoms with van der Waals surface area (Å²) in [5.41, 5.74) is -3.68. The lowest BCUT2D eigenvalue weighted by Crippen LogP contribution is -2.66. The number of esters is 1. The van der Waals surface area contributed by atoms with Crippen molar-refractivity contribution in [2.45, 2.75) is 69.6 Å².